The Morgan fingerprint density at radius 1 is 1.24 bits per heavy atom. The molecular formula is C14H28N2S. The van der Waals surface area contributed by atoms with Gasteiger partial charge < -0.3 is 5.73 Å². The van der Waals surface area contributed by atoms with Crippen LogP contribution in [0.2, 0.25) is 0 Å². The van der Waals surface area contributed by atoms with E-state index in [1.54, 1.807) is 0 Å². The Morgan fingerprint density at radius 2 is 2.00 bits per heavy atom. The van der Waals surface area contributed by atoms with E-state index in [9.17, 15) is 0 Å². The third kappa shape index (κ3) is 2.99. The van der Waals surface area contributed by atoms with Crippen molar-refractivity contribution in [3.63, 3.8) is 0 Å². The number of rotatable bonds is 3. The Balaban J connectivity index is 2.13. The van der Waals surface area contributed by atoms with Crippen molar-refractivity contribution >= 4 is 11.8 Å². The van der Waals surface area contributed by atoms with Crippen LogP contribution in [0, 0.1) is 0 Å². The smallest absolute Gasteiger partial charge is 0.0350 e. The van der Waals surface area contributed by atoms with Crippen molar-refractivity contribution in [3.05, 3.63) is 0 Å². The van der Waals surface area contributed by atoms with Crippen LogP contribution in [0.25, 0.3) is 0 Å². The van der Waals surface area contributed by atoms with Crippen molar-refractivity contribution < 1.29 is 0 Å². The first kappa shape index (κ1) is 13.7. The molecule has 0 amide bonds. The predicted octanol–water partition coefficient (Wildman–Crippen LogP) is 2.87. The zero-order valence-corrected chi connectivity index (χ0v) is 12.1. The zero-order chi connectivity index (χ0) is 12.1. The summed E-state index contributed by atoms with van der Waals surface area (Å²) in [5.41, 5.74) is 6.53. The molecule has 0 aliphatic carbocycles. The maximum absolute atomic E-state index is 6.19. The van der Waals surface area contributed by atoms with E-state index in [2.05, 4.69) is 23.6 Å². The second-order valence-corrected chi connectivity index (χ2v) is 6.87. The molecule has 2 nitrogen and oxygen atoms in total. The first-order chi connectivity index (χ1) is 8.32. The largest absolute Gasteiger partial charge is 0.329 e. The Bertz CT molecular complexity index is 226. The van der Waals surface area contributed by atoms with Crippen molar-refractivity contribution in [2.24, 2.45) is 5.73 Å². The van der Waals surface area contributed by atoms with Crippen molar-refractivity contribution in [2.75, 3.05) is 24.6 Å². The number of nitrogens with two attached hydrogens (primary N) is 1. The third-order valence-electron chi connectivity index (χ3n) is 4.76. The van der Waals surface area contributed by atoms with E-state index in [4.69, 9.17) is 5.73 Å². The molecule has 1 unspecified atom stereocenters. The van der Waals surface area contributed by atoms with Gasteiger partial charge in [0.2, 0.25) is 0 Å². The van der Waals surface area contributed by atoms with Gasteiger partial charge in [-0.25, -0.2) is 0 Å². The average molecular weight is 256 g/mol. The SMILES string of the molecule is CCC1CCCCCN1C1(CN)CCSCC1. The number of hydrogen-bond donors (Lipinski definition) is 1. The lowest BCUT2D eigenvalue weighted by Crippen LogP contribution is -2.59. The molecule has 0 aromatic rings. The van der Waals surface area contributed by atoms with E-state index >= 15 is 0 Å². The predicted molar refractivity (Wildman–Crippen MR) is 77.6 cm³/mol. The summed E-state index contributed by atoms with van der Waals surface area (Å²) in [6.45, 7) is 4.51. The van der Waals surface area contributed by atoms with Gasteiger partial charge in [-0.15, -0.1) is 0 Å². The van der Waals surface area contributed by atoms with Gasteiger partial charge in [-0.1, -0.05) is 19.8 Å². The quantitative estimate of drug-likeness (QED) is 0.842. The Morgan fingerprint density at radius 3 is 2.65 bits per heavy atom. The Kier molecular flexibility index (Phi) is 5.19. The van der Waals surface area contributed by atoms with Crippen LogP contribution in [-0.2, 0) is 0 Å². The van der Waals surface area contributed by atoms with Crippen LogP contribution in [0.3, 0.4) is 0 Å². The fraction of sp³-hybridized carbons (Fsp3) is 1.00. The number of nitrogens with zero attached hydrogens (tertiary/aromatic N) is 1. The lowest BCUT2D eigenvalue weighted by Gasteiger charge is -2.49. The molecule has 3 heteroatoms. The second kappa shape index (κ2) is 6.44. The molecule has 0 bridgehead atoms. The highest BCUT2D eigenvalue weighted by molar-refractivity contribution is 7.99. The molecule has 0 radical (unpaired) electrons. The summed E-state index contributed by atoms with van der Waals surface area (Å²) >= 11 is 2.11. The van der Waals surface area contributed by atoms with Gasteiger partial charge in [-0.05, 0) is 50.2 Å². The molecule has 100 valence electrons. The molecule has 0 saturated carbocycles. The molecule has 0 aromatic heterocycles. The fourth-order valence-corrected chi connectivity index (χ4v) is 4.84. The first-order valence-electron chi connectivity index (χ1n) is 7.37. The van der Waals surface area contributed by atoms with Gasteiger partial charge in [0.1, 0.15) is 0 Å². The normalized spacial score (nSPS) is 31.1. The number of thioether (sulfide) groups is 1. The molecule has 2 rings (SSSR count). The van der Waals surface area contributed by atoms with E-state index in [1.165, 1.54) is 63.0 Å². The van der Waals surface area contributed by atoms with Crippen LogP contribution in [0.15, 0.2) is 0 Å². The van der Waals surface area contributed by atoms with Gasteiger partial charge in [0, 0.05) is 18.1 Å². The van der Waals surface area contributed by atoms with E-state index in [0.717, 1.165) is 12.6 Å². The van der Waals surface area contributed by atoms with Crippen molar-refractivity contribution in [2.45, 2.75) is 63.5 Å². The minimum Gasteiger partial charge on any atom is -0.329 e. The number of hydrogen-bond acceptors (Lipinski definition) is 3. The molecule has 0 spiro atoms. The van der Waals surface area contributed by atoms with Crippen LogP contribution in [-0.4, -0.2) is 41.1 Å². The summed E-state index contributed by atoms with van der Waals surface area (Å²) in [5.74, 6) is 2.62. The Labute approximate surface area is 111 Å². The number of likely N-dealkylation sites (tertiary alicyclic amines) is 1. The molecule has 2 aliphatic heterocycles. The summed E-state index contributed by atoms with van der Waals surface area (Å²) in [7, 11) is 0. The summed E-state index contributed by atoms with van der Waals surface area (Å²) in [4.78, 5) is 2.82. The maximum Gasteiger partial charge on any atom is 0.0350 e. The Hall–Kier alpha value is 0.270. The summed E-state index contributed by atoms with van der Waals surface area (Å²) in [6.07, 6.45) is 9.54. The molecule has 2 fully saturated rings. The minimum atomic E-state index is 0.344. The van der Waals surface area contributed by atoms with Gasteiger partial charge in [-0.2, -0.15) is 11.8 Å². The zero-order valence-electron chi connectivity index (χ0n) is 11.3. The topological polar surface area (TPSA) is 29.3 Å². The highest BCUT2D eigenvalue weighted by Gasteiger charge is 2.40. The fourth-order valence-electron chi connectivity index (χ4n) is 3.59. The molecule has 2 N–H and O–H groups in total. The third-order valence-corrected chi connectivity index (χ3v) is 5.75. The monoisotopic (exact) mass is 256 g/mol. The molecule has 0 aromatic carbocycles. The van der Waals surface area contributed by atoms with Gasteiger partial charge in [-0.3, -0.25) is 4.90 Å². The summed E-state index contributed by atoms with van der Waals surface area (Å²) in [5, 5.41) is 0. The lowest BCUT2D eigenvalue weighted by atomic mass is 9.87. The molecule has 17 heavy (non-hydrogen) atoms. The summed E-state index contributed by atoms with van der Waals surface area (Å²) < 4.78 is 0. The van der Waals surface area contributed by atoms with E-state index in [-0.39, 0.29) is 0 Å². The van der Waals surface area contributed by atoms with Crippen LogP contribution in [0.5, 0.6) is 0 Å². The van der Waals surface area contributed by atoms with Crippen molar-refractivity contribution in [3.8, 4) is 0 Å². The van der Waals surface area contributed by atoms with Gasteiger partial charge in [0.05, 0.1) is 0 Å². The summed E-state index contributed by atoms with van der Waals surface area (Å²) in [6, 6.07) is 0.796. The van der Waals surface area contributed by atoms with Crippen LogP contribution < -0.4 is 5.73 Å². The highest BCUT2D eigenvalue weighted by Crippen LogP contribution is 2.36. The maximum atomic E-state index is 6.19. The van der Waals surface area contributed by atoms with Gasteiger partial charge in [0.15, 0.2) is 0 Å². The average Bonchev–Trinajstić information content (AvgIpc) is 2.65. The van der Waals surface area contributed by atoms with E-state index in [0.29, 0.717) is 5.54 Å². The molecule has 1 atom stereocenters. The molecule has 2 aliphatic rings. The second-order valence-electron chi connectivity index (χ2n) is 5.65. The minimum absolute atomic E-state index is 0.344. The van der Waals surface area contributed by atoms with E-state index < -0.39 is 0 Å². The van der Waals surface area contributed by atoms with Crippen molar-refractivity contribution in [1.29, 1.82) is 0 Å². The van der Waals surface area contributed by atoms with E-state index in [1.807, 2.05) is 0 Å². The molecule has 2 saturated heterocycles. The van der Waals surface area contributed by atoms with Crippen LogP contribution in [0.1, 0.15) is 51.9 Å². The first-order valence-corrected chi connectivity index (χ1v) is 8.52. The lowest BCUT2D eigenvalue weighted by molar-refractivity contribution is 0.0404. The van der Waals surface area contributed by atoms with Crippen LogP contribution in [0.4, 0.5) is 0 Å². The molecule has 2 heterocycles. The van der Waals surface area contributed by atoms with Crippen LogP contribution >= 0.6 is 11.8 Å². The standard InChI is InChI=1S/C14H28N2S/c1-2-13-6-4-3-5-9-16(13)14(12-15)7-10-17-11-8-14/h13H,2-12,15H2,1H3. The molecular weight excluding hydrogens is 228 g/mol. The van der Waals surface area contributed by atoms with Crippen molar-refractivity contribution in [1.82, 2.24) is 4.90 Å². The van der Waals surface area contributed by atoms with Gasteiger partial charge >= 0.3 is 0 Å². The van der Waals surface area contributed by atoms with Gasteiger partial charge in [0.25, 0.3) is 0 Å². The highest BCUT2D eigenvalue weighted by atomic mass is 32.2.